The Kier molecular flexibility index (Phi) is 2.84. The van der Waals surface area contributed by atoms with E-state index in [4.69, 9.17) is 5.11 Å². The Balaban J connectivity index is 2.38. The number of hydrogen-bond donors (Lipinski definition) is 1. The van der Waals surface area contributed by atoms with Gasteiger partial charge in [0.05, 0.1) is 13.2 Å². The molecule has 1 aliphatic rings. The molecule has 0 aromatic rings. The van der Waals surface area contributed by atoms with Crippen LogP contribution in [0.3, 0.4) is 0 Å². The fraction of sp³-hybridized carbons (Fsp3) is 0.857. The van der Waals surface area contributed by atoms with Gasteiger partial charge < -0.3 is 10.0 Å². The highest BCUT2D eigenvalue weighted by molar-refractivity contribution is 5.78. The number of carbonyl (C=O) groups excluding carboxylic acids is 1. The van der Waals surface area contributed by atoms with E-state index >= 15 is 0 Å². The second-order valence-electron chi connectivity index (χ2n) is 2.84. The van der Waals surface area contributed by atoms with Crippen molar-refractivity contribution in [2.24, 2.45) is 0 Å². The largest absolute Gasteiger partial charge is 0.395 e. The summed E-state index contributed by atoms with van der Waals surface area (Å²) in [6.45, 7) is 2.68. The zero-order valence-corrected chi connectivity index (χ0v) is 6.79. The lowest BCUT2D eigenvalue weighted by molar-refractivity contribution is -0.135. The number of likely N-dealkylation sites (N-methyl/N-ethyl adjacent to an activating group) is 1. The van der Waals surface area contributed by atoms with Gasteiger partial charge >= 0.3 is 0 Å². The van der Waals surface area contributed by atoms with E-state index in [2.05, 4.69) is 0 Å². The highest BCUT2D eigenvalue weighted by Crippen LogP contribution is 1.99. The minimum Gasteiger partial charge on any atom is -0.395 e. The minimum absolute atomic E-state index is 0.0649. The standard InChI is InChI=1S/C7H14N2O2/c1-8-2-3-9(4-5-10)7(11)6-8/h10H,2-6H2,1H3. The van der Waals surface area contributed by atoms with E-state index in [9.17, 15) is 4.79 Å². The molecule has 0 unspecified atom stereocenters. The van der Waals surface area contributed by atoms with Crippen molar-refractivity contribution in [3.63, 3.8) is 0 Å². The Labute approximate surface area is 66.4 Å². The van der Waals surface area contributed by atoms with Gasteiger partial charge in [-0.05, 0) is 7.05 Å². The molecule has 0 saturated carbocycles. The van der Waals surface area contributed by atoms with Gasteiger partial charge in [-0.2, -0.15) is 0 Å². The van der Waals surface area contributed by atoms with Crippen LogP contribution in [0.15, 0.2) is 0 Å². The number of β-amino-alcohol motifs (C(OH)–C–C–N with tert-alkyl or cyclic N) is 1. The maximum atomic E-state index is 11.2. The third kappa shape index (κ3) is 2.17. The first-order chi connectivity index (χ1) is 5.24. The van der Waals surface area contributed by atoms with Crippen LogP contribution in [0.4, 0.5) is 0 Å². The predicted molar refractivity (Wildman–Crippen MR) is 41.2 cm³/mol. The van der Waals surface area contributed by atoms with Crippen LogP contribution in [0.2, 0.25) is 0 Å². The number of amides is 1. The normalized spacial score (nSPS) is 20.9. The molecule has 4 nitrogen and oxygen atoms in total. The molecule has 1 rings (SSSR count). The number of rotatable bonds is 2. The number of piperazine rings is 1. The molecule has 1 aliphatic heterocycles. The van der Waals surface area contributed by atoms with Crippen molar-refractivity contribution in [3.8, 4) is 0 Å². The summed E-state index contributed by atoms with van der Waals surface area (Å²) in [5.74, 6) is 0.118. The molecule has 1 heterocycles. The van der Waals surface area contributed by atoms with Crippen LogP contribution in [-0.4, -0.2) is 60.6 Å². The van der Waals surface area contributed by atoms with E-state index in [1.54, 1.807) is 4.90 Å². The van der Waals surface area contributed by atoms with E-state index < -0.39 is 0 Å². The Hall–Kier alpha value is -0.610. The van der Waals surface area contributed by atoms with E-state index in [1.165, 1.54) is 0 Å². The van der Waals surface area contributed by atoms with Gasteiger partial charge in [-0.25, -0.2) is 0 Å². The van der Waals surface area contributed by atoms with Gasteiger partial charge in [0.15, 0.2) is 0 Å². The average molecular weight is 158 g/mol. The van der Waals surface area contributed by atoms with Crippen molar-refractivity contribution in [2.75, 3.05) is 39.8 Å². The SMILES string of the molecule is CN1CCN(CCO)C(=O)C1. The molecule has 1 N–H and O–H groups in total. The van der Waals surface area contributed by atoms with Crippen LogP contribution in [0.5, 0.6) is 0 Å². The monoisotopic (exact) mass is 158 g/mol. The topological polar surface area (TPSA) is 43.8 Å². The number of aliphatic hydroxyl groups excluding tert-OH is 1. The number of nitrogens with zero attached hydrogens (tertiary/aromatic N) is 2. The van der Waals surface area contributed by atoms with Crippen molar-refractivity contribution >= 4 is 5.91 Å². The lowest BCUT2D eigenvalue weighted by Crippen LogP contribution is -2.49. The van der Waals surface area contributed by atoms with E-state index in [-0.39, 0.29) is 12.5 Å². The van der Waals surface area contributed by atoms with E-state index in [0.717, 1.165) is 13.1 Å². The Morgan fingerprint density at radius 3 is 2.82 bits per heavy atom. The Morgan fingerprint density at radius 1 is 1.55 bits per heavy atom. The smallest absolute Gasteiger partial charge is 0.236 e. The molecule has 0 aliphatic carbocycles. The second kappa shape index (κ2) is 3.69. The van der Waals surface area contributed by atoms with Crippen molar-refractivity contribution < 1.29 is 9.90 Å². The molecule has 11 heavy (non-hydrogen) atoms. The zero-order chi connectivity index (χ0) is 8.27. The van der Waals surface area contributed by atoms with Gasteiger partial charge in [0.25, 0.3) is 0 Å². The second-order valence-corrected chi connectivity index (χ2v) is 2.84. The first-order valence-corrected chi connectivity index (χ1v) is 3.81. The van der Waals surface area contributed by atoms with Gasteiger partial charge in [-0.1, -0.05) is 0 Å². The maximum Gasteiger partial charge on any atom is 0.236 e. The zero-order valence-electron chi connectivity index (χ0n) is 6.79. The van der Waals surface area contributed by atoms with Crippen LogP contribution < -0.4 is 0 Å². The number of aliphatic hydroxyl groups is 1. The third-order valence-electron chi connectivity index (χ3n) is 1.88. The molecular formula is C7H14N2O2. The van der Waals surface area contributed by atoms with Gasteiger partial charge in [-0.3, -0.25) is 9.69 Å². The van der Waals surface area contributed by atoms with Crippen molar-refractivity contribution in [2.45, 2.75) is 0 Å². The summed E-state index contributed by atoms with van der Waals surface area (Å²) >= 11 is 0. The van der Waals surface area contributed by atoms with Crippen LogP contribution in [0.25, 0.3) is 0 Å². The summed E-state index contributed by atoms with van der Waals surface area (Å²) in [6.07, 6.45) is 0. The van der Waals surface area contributed by atoms with Crippen LogP contribution in [-0.2, 0) is 4.79 Å². The fourth-order valence-electron chi connectivity index (χ4n) is 1.18. The first-order valence-electron chi connectivity index (χ1n) is 3.81. The Morgan fingerprint density at radius 2 is 2.27 bits per heavy atom. The molecule has 64 valence electrons. The van der Waals surface area contributed by atoms with E-state index in [0.29, 0.717) is 13.1 Å². The summed E-state index contributed by atoms with van der Waals surface area (Å²) in [5, 5.41) is 8.59. The highest BCUT2D eigenvalue weighted by Gasteiger charge is 2.20. The summed E-state index contributed by atoms with van der Waals surface area (Å²) in [4.78, 5) is 14.8. The molecule has 1 fully saturated rings. The molecule has 0 radical (unpaired) electrons. The molecule has 4 heteroatoms. The van der Waals surface area contributed by atoms with Gasteiger partial charge in [0.2, 0.25) is 5.91 Å². The van der Waals surface area contributed by atoms with Crippen LogP contribution >= 0.6 is 0 Å². The maximum absolute atomic E-state index is 11.2. The lowest BCUT2D eigenvalue weighted by Gasteiger charge is -2.31. The van der Waals surface area contributed by atoms with Crippen molar-refractivity contribution in [1.29, 1.82) is 0 Å². The molecule has 0 aromatic carbocycles. The highest BCUT2D eigenvalue weighted by atomic mass is 16.3. The van der Waals surface area contributed by atoms with E-state index in [1.807, 2.05) is 11.9 Å². The van der Waals surface area contributed by atoms with Crippen molar-refractivity contribution in [1.82, 2.24) is 9.80 Å². The predicted octanol–water partition coefficient (Wildman–Crippen LogP) is -1.25. The molecule has 1 saturated heterocycles. The molecule has 0 spiro atoms. The molecule has 0 aromatic heterocycles. The average Bonchev–Trinajstić information content (AvgIpc) is 1.95. The third-order valence-corrected chi connectivity index (χ3v) is 1.88. The van der Waals surface area contributed by atoms with Crippen LogP contribution in [0, 0.1) is 0 Å². The first kappa shape index (κ1) is 8.49. The van der Waals surface area contributed by atoms with Crippen LogP contribution in [0.1, 0.15) is 0 Å². The molecule has 0 atom stereocenters. The summed E-state index contributed by atoms with van der Waals surface area (Å²) in [6, 6.07) is 0. The summed E-state index contributed by atoms with van der Waals surface area (Å²) in [7, 11) is 1.92. The molecular weight excluding hydrogens is 144 g/mol. The Bertz CT molecular complexity index is 149. The quantitative estimate of drug-likeness (QED) is 0.546. The summed E-state index contributed by atoms with van der Waals surface area (Å²) < 4.78 is 0. The molecule has 0 bridgehead atoms. The summed E-state index contributed by atoms with van der Waals surface area (Å²) in [5.41, 5.74) is 0. The van der Waals surface area contributed by atoms with Gasteiger partial charge in [0, 0.05) is 19.6 Å². The molecule has 1 amide bonds. The van der Waals surface area contributed by atoms with Gasteiger partial charge in [-0.15, -0.1) is 0 Å². The van der Waals surface area contributed by atoms with Crippen molar-refractivity contribution in [3.05, 3.63) is 0 Å². The van der Waals surface area contributed by atoms with Gasteiger partial charge in [0.1, 0.15) is 0 Å². The minimum atomic E-state index is 0.0649. The lowest BCUT2D eigenvalue weighted by atomic mass is 10.3. The number of hydrogen-bond acceptors (Lipinski definition) is 3. The fourth-order valence-corrected chi connectivity index (χ4v) is 1.18. The number of carbonyl (C=O) groups is 1.